The van der Waals surface area contributed by atoms with Crippen LogP contribution in [0.15, 0.2) is 24.3 Å². The van der Waals surface area contributed by atoms with Crippen molar-refractivity contribution in [1.82, 2.24) is 15.5 Å². The molecule has 34 heavy (non-hydrogen) atoms. The quantitative estimate of drug-likeness (QED) is 0.410. The molecule has 3 N–H and O–H groups in total. The van der Waals surface area contributed by atoms with Crippen LogP contribution in [0.5, 0.6) is 5.75 Å². The molecule has 0 saturated heterocycles. The molecular weight excluding hydrogens is 454 g/mol. The van der Waals surface area contributed by atoms with Crippen molar-refractivity contribution in [3.8, 4) is 5.75 Å². The normalized spacial score (nSPS) is 16.4. The van der Waals surface area contributed by atoms with Crippen LogP contribution in [0.4, 0.5) is 4.79 Å². The maximum atomic E-state index is 13.7. The maximum Gasteiger partial charge on any atom is 0.408 e. The van der Waals surface area contributed by atoms with Gasteiger partial charge in [0.2, 0.25) is 11.8 Å². The molecule has 0 bridgehead atoms. The summed E-state index contributed by atoms with van der Waals surface area (Å²) in [5.74, 6) is -0.738. The second-order valence-electron chi connectivity index (χ2n) is 10.1. The first-order valence-corrected chi connectivity index (χ1v) is 12.6. The summed E-state index contributed by atoms with van der Waals surface area (Å²) >= 11 is 4.28. The molecule has 8 nitrogen and oxygen atoms in total. The number of hydrogen-bond acceptors (Lipinski definition) is 6. The van der Waals surface area contributed by atoms with E-state index < -0.39 is 29.7 Å². The van der Waals surface area contributed by atoms with Crippen molar-refractivity contribution in [1.29, 1.82) is 0 Å². The van der Waals surface area contributed by atoms with Gasteiger partial charge in [0.1, 0.15) is 23.4 Å². The highest BCUT2D eigenvalue weighted by Gasteiger charge is 2.38. The number of nitrogens with one attached hydrogen (secondary N) is 2. The number of nitrogens with zero attached hydrogens (tertiary/aromatic N) is 1. The Kier molecular flexibility index (Phi) is 10.1. The molecule has 3 amide bonds. The fourth-order valence-electron chi connectivity index (χ4n) is 4.16. The summed E-state index contributed by atoms with van der Waals surface area (Å²) in [5.41, 5.74) is -0.235. The van der Waals surface area contributed by atoms with Gasteiger partial charge in [-0.15, -0.1) is 0 Å². The van der Waals surface area contributed by atoms with Crippen LogP contribution >= 0.6 is 12.6 Å². The molecule has 1 aliphatic carbocycles. The number of aromatic hydroxyl groups is 1. The van der Waals surface area contributed by atoms with Crippen LogP contribution in [0.3, 0.4) is 0 Å². The SMILES string of the molecule is CC(C)N(C(=O)C(CS)NC(=O)OC(C)(C)C)C(C(=O)NC1CCCCC1)c1cccc(O)c1. The Labute approximate surface area is 208 Å². The average molecular weight is 494 g/mol. The van der Waals surface area contributed by atoms with Gasteiger partial charge in [-0.2, -0.15) is 12.6 Å². The van der Waals surface area contributed by atoms with E-state index in [1.807, 2.05) is 13.8 Å². The second kappa shape index (κ2) is 12.3. The summed E-state index contributed by atoms with van der Waals surface area (Å²) in [6.45, 7) is 8.82. The first-order valence-electron chi connectivity index (χ1n) is 11.9. The molecule has 2 rings (SSSR count). The minimum absolute atomic E-state index is 0.00162. The van der Waals surface area contributed by atoms with E-state index in [1.54, 1.807) is 32.9 Å². The number of carbonyl (C=O) groups excluding carboxylic acids is 3. The molecule has 0 spiro atoms. The molecule has 0 radical (unpaired) electrons. The van der Waals surface area contributed by atoms with Crippen molar-refractivity contribution in [2.45, 2.75) is 96.5 Å². The fraction of sp³-hybridized carbons (Fsp3) is 0.640. The fourth-order valence-corrected chi connectivity index (χ4v) is 4.40. The van der Waals surface area contributed by atoms with Crippen molar-refractivity contribution in [2.75, 3.05) is 5.75 Å². The standard InChI is InChI=1S/C25H39N3O5S/c1-16(2)28(23(31)20(15-34)27-24(32)33-25(3,4)5)21(17-10-9-13-19(29)14-17)22(30)26-18-11-7-6-8-12-18/h9-10,13-14,16,18,20-21,29,34H,6-8,11-12,15H2,1-5H3,(H,26,30)(H,27,32). The second-order valence-corrected chi connectivity index (χ2v) is 10.4. The number of amides is 3. The number of carbonyl (C=O) groups is 3. The third-order valence-corrected chi connectivity index (χ3v) is 6.01. The lowest BCUT2D eigenvalue weighted by Gasteiger charge is -2.38. The largest absolute Gasteiger partial charge is 0.508 e. The van der Waals surface area contributed by atoms with Crippen LogP contribution in [0.25, 0.3) is 0 Å². The van der Waals surface area contributed by atoms with Crippen molar-refractivity contribution >= 4 is 30.5 Å². The van der Waals surface area contributed by atoms with Gasteiger partial charge in [0.25, 0.3) is 0 Å². The summed E-state index contributed by atoms with van der Waals surface area (Å²) < 4.78 is 5.30. The highest BCUT2D eigenvalue weighted by atomic mass is 32.1. The van der Waals surface area contributed by atoms with Crippen LogP contribution in [-0.4, -0.2) is 57.4 Å². The zero-order valence-electron chi connectivity index (χ0n) is 20.8. The van der Waals surface area contributed by atoms with E-state index >= 15 is 0 Å². The molecule has 190 valence electrons. The van der Waals surface area contributed by atoms with E-state index in [0.29, 0.717) is 5.56 Å². The average Bonchev–Trinajstić information content (AvgIpc) is 2.74. The molecule has 1 aliphatic rings. The van der Waals surface area contributed by atoms with E-state index in [4.69, 9.17) is 4.74 Å². The van der Waals surface area contributed by atoms with Gasteiger partial charge in [0.05, 0.1) is 0 Å². The van der Waals surface area contributed by atoms with Crippen LogP contribution in [0.1, 0.15) is 78.3 Å². The van der Waals surface area contributed by atoms with Crippen LogP contribution in [0.2, 0.25) is 0 Å². The Bertz CT molecular complexity index is 849. The van der Waals surface area contributed by atoms with Crippen molar-refractivity contribution < 1.29 is 24.2 Å². The first-order chi connectivity index (χ1) is 15.9. The number of rotatable bonds is 8. The molecule has 9 heteroatoms. The minimum atomic E-state index is -0.997. The number of alkyl carbamates (subject to hydrolysis) is 1. The Morgan fingerprint density at radius 1 is 1.18 bits per heavy atom. The Morgan fingerprint density at radius 2 is 1.82 bits per heavy atom. The predicted molar refractivity (Wildman–Crippen MR) is 135 cm³/mol. The Balaban J connectivity index is 2.37. The first kappa shape index (κ1) is 27.8. The molecule has 0 aromatic heterocycles. The van der Waals surface area contributed by atoms with E-state index in [9.17, 15) is 19.5 Å². The van der Waals surface area contributed by atoms with E-state index in [2.05, 4.69) is 23.3 Å². The lowest BCUT2D eigenvalue weighted by atomic mass is 9.94. The summed E-state index contributed by atoms with van der Waals surface area (Å²) in [4.78, 5) is 41.1. The summed E-state index contributed by atoms with van der Waals surface area (Å²) in [6, 6.07) is 4.05. The molecule has 2 atom stereocenters. The number of hydrogen-bond donors (Lipinski definition) is 4. The van der Waals surface area contributed by atoms with Gasteiger partial charge in [-0.1, -0.05) is 31.4 Å². The van der Waals surface area contributed by atoms with E-state index in [-0.39, 0.29) is 29.5 Å². The third-order valence-electron chi connectivity index (χ3n) is 5.65. The number of ether oxygens (including phenoxy) is 1. The lowest BCUT2D eigenvalue weighted by molar-refractivity contribution is -0.144. The molecule has 1 fully saturated rings. The number of thiol groups is 1. The Morgan fingerprint density at radius 3 is 2.35 bits per heavy atom. The molecule has 2 unspecified atom stereocenters. The van der Waals surface area contributed by atoms with E-state index in [1.165, 1.54) is 17.0 Å². The zero-order valence-corrected chi connectivity index (χ0v) is 21.7. The maximum absolute atomic E-state index is 13.7. The lowest BCUT2D eigenvalue weighted by Crippen LogP contribution is -2.56. The molecule has 1 aromatic carbocycles. The summed E-state index contributed by atoms with van der Waals surface area (Å²) in [6.07, 6.45) is 4.32. The monoisotopic (exact) mass is 493 g/mol. The van der Waals surface area contributed by atoms with Crippen molar-refractivity contribution in [3.05, 3.63) is 29.8 Å². The summed E-state index contributed by atoms with van der Waals surface area (Å²) in [5, 5.41) is 15.8. The predicted octanol–water partition coefficient (Wildman–Crippen LogP) is 3.94. The highest BCUT2D eigenvalue weighted by Crippen LogP contribution is 2.28. The van der Waals surface area contributed by atoms with Gasteiger partial charge >= 0.3 is 6.09 Å². The van der Waals surface area contributed by atoms with Gasteiger partial charge in [0, 0.05) is 17.8 Å². The number of phenols is 1. The van der Waals surface area contributed by atoms with Crippen LogP contribution < -0.4 is 10.6 Å². The van der Waals surface area contributed by atoms with Gasteiger partial charge in [-0.3, -0.25) is 9.59 Å². The Hall–Kier alpha value is -2.42. The zero-order chi connectivity index (χ0) is 25.5. The molecule has 1 saturated carbocycles. The van der Waals surface area contributed by atoms with E-state index in [0.717, 1.165) is 32.1 Å². The van der Waals surface area contributed by atoms with Gasteiger partial charge in [-0.25, -0.2) is 4.79 Å². The highest BCUT2D eigenvalue weighted by molar-refractivity contribution is 7.80. The topological polar surface area (TPSA) is 108 Å². The van der Waals surface area contributed by atoms with Gasteiger partial charge in [-0.05, 0) is 65.2 Å². The summed E-state index contributed by atoms with van der Waals surface area (Å²) in [7, 11) is 0. The molecule has 0 aliphatic heterocycles. The van der Waals surface area contributed by atoms with Crippen LogP contribution in [-0.2, 0) is 14.3 Å². The number of benzene rings is 1. The minimum Gasteiger partial charge on any atom is -0.508 e. The molecule has 0 heterocycles. The van der Waals surface area contributed by atoms with Crippen molar-refractivity contribution in [3.63, 3.8) is 0 Å². The van der Waals surface area contributed by atoms with Crippen LogP contribution in [0, 0.1) is 0 Å². The third kappa shape index (κ3) is 8.11. The smallest absolute Gasteiger partial charge is 0.408 e. The number of phenolic OH excluding ortho intramolecular Hbond substituents is 1. The molecular formula is C25H39N3O5S. The van der Waals surface area contributed by atoms with Gasteiger partial charge < -0.3 is 25.4 Å². The molecule has 1 aromatic rings. The van der Waals surface area contributed by atoms with Crippen molar-refractivity contribution in [2.24, 2.45) is 0 Å². The van der Waals surface area contributed by atoms with Gasteiger partial charge in [0.15, 0.2) is 0 Å².